The number of rotatable bonds is 6. The first-order valence-corrected chi connectivity index (χ1v) is 9.96. The van der Waals surface area contributed by atoms with Gasteiger partial charge in [0.25, 0.3) is 0 Å². The second-order valence-electron chi connectivity index (χ2n) is 5.45. The van der Waals surface area contributed by atoms with Crippen LogP contribution in [-0.2, 0) is 14.8 Å². The van der Waals surface area contributed by atoms with Crippen LogP contribution in [0.15, 0.2) is 47.4 Å². The molecule has 0 bridgehead atoms. The van der Waals surface area contributed by atoms with E-state index in [1.165, 1.54) is 0 Å². The number of sulfonamides is 1. The number of amides is 1. The Hall–Kier alpha value is -1.45. The largest absolute Gasteiger partial charge is 0.326 e. The molecule has 7 heteroatoms. The fourth-order valence-electron chi connectivity index (χ4n) is 2.05. The SMILES string of the molecule is Cc1ccc(S(=O)(=O)NCCC(=O)Nc2cccc(I)c2)cc1C. The number of hydrogen-bond acceptors (Lipinski definition) is 3. The third-order valence-corrected chi connectivity index (χ3v) is 5.67. The van der Waals surface area contributed by atoms with E-state index in [2.05, 4.69) is 32.6 Å². The summed E-state index contributed by atoms with van der Waals surface area (Å²) in [6.45, 7) is 3.84. The van der Waals surface area contributed by atoms with E-state index in [0.717, 1.165) is 14.7 Å². The van der Waals surface area contributed by atoms with Gasteiger partial charge in [0.2, 0.25) is 15.9 Å². The predicted molar refractivity (Wildman–Crippen MR) is 104 cm³/mol. The van der Waals surface area contributed by atoms with Gasteiger partial charge in [0, 0.05) is 22.2 Å². The van der Waals surface area contributed by atoms with Crippen molar-refractivity contribution in [2.24, 2.45) is 0 Å². The molecule has 0 radical (unpaired) electrons. The van der Waals surface area contributed by atoms with Gasteiger partial charge in [-0.05, 0) is 77.9 Å². The van der Waals surface area contributed by atoms with E-state index in [9.17, 15) is 13.2 Å². The van der Waals surface area contributed by atoms with Crippen molar-refractivity contribution in [1.82, 2.24) is 4.72 Å². The first-order valence-electron chi connectivity index (χ1n) is 7.40. The van der Waals surface area contributed by atoms with Crippen LogP contribution in [0.1, 0.15) is 17.5 Å². The van der Waals surface area contributed by atoms with Gasteiger partial charge in [-0.15, -0.1) is 0 Å². The summed E-state index contributed by atoms with van der Waals surface area (Å²) in [5.74, 6) is -0.236. The highest BCUT2D eigenvalue weighted by Gasteiger charge is 2.14. The van der Waals surface area contributed by atoms with Gasteiger partial charge < -0.3 is 5.32 Å². The van der Waals surface area contributed by atoms with Crippen LogP contribution < -0.4 is 10.0 Å². The summed E-state index contributed by atoms with van der Waals surface area (Å²) in [6, 6.07) is 12.4. The molecule has 2 aromatic carbocycles. The van der Waals surface area contributed by atoms with Gasteiger partial charge in [-0.2, -0.15) is 0 Å². The van der Waals surface area contributed by atoms with Gasteiger partial charge in [0.15, 0.2) is 0 Å². The second kappa shape index (κ2) is 8.09. The highest BCUT2D eigenvalue weighted by molar-refractivity contribution is 14.1. The van der Waals surface area contributed by atoms with Gasteiger partial charge in [-0.1, -0.05) is 12.1 Å². The molecule has 0 fully saturated rings. The normalized spacial score (nSPS) is 11.3. The average molecular weight is 458 g/mol. The van der Waals surface area contributed by atoms with E-state index in [1.807, 2.05) is 32.0 Å². The van der Waals surface area contributed by atoms with Gasteiger partial charge in [-0.3, -0.25) is 4.79 Å². The third kappa shape index (κ3) is 5.29. The van der Waals surface area contributed by atoms with Gasteiger partial charge in [-0.25, -0.2) is 13.1 Å². The zero-order valence-electron chi connectivity index (χ0n) is 13.5. The number of carbonyl (C=O) groups is 1. The van der Waals surface area contributed by atoms with E-state index in [-0.39, 0.29) is 23.8 Å². The van der Waals surface area contributed by atoms with Crippen molar-refractivity contribution < 1.29 is 13.2 Å². The molecular formula is C17H19IN2O3S. The van der Waals surface area contributed by atoms with E-state index in [1.54, 1.807) is 24.3 Å². The Kier molecular flexibility index (Phi) is 6.36. The van der Waals surface area contributed by atoms with Crippen LogP contribution in [0.5, 0.6) is 0 Å². The lowest BCUT2D eigenvalue weighted by Gasteiger charge is -2.09. The number of nitrogens with one attached hydrogen (secondary N) is 2. The van der Waals surface area contributed by atoms with Crippen molar-refractivity contribution in [3.8, 4) is 0 Å². The predicted octanol–water partition coefficient (Wildman–Crippen LogP) is 3.22. The molecular weight excluding hydrogens is 439 g/mol. The zero-order chi connectivity index (χ0) is 17.7. The van der Waals surface area contributed by atoms with Crippen LogP contribution in [0.3, 0.4) is 0 Å². The molecule has 128 valence electrons. The van der Waals surface area contributed by atoms with Crippen LogP contribution in [0.2, 0.25) is 0 Å². The number of anilines is 1. The Labute approximate surface area is 156 Å². The molecule has 0 aliphatic rings. The molecule has 0 spiro atoms. The maximum absolute atomic E-state index is 12.2. The van der Waals surface area contributed by atoms with Crippen LogP contribution in [-0.4, -0.2) is 20.9 Å². The number of carbonyl (C=O) groups excluding carboxylic acids is 1. The number of aryl methyl sites for hydroxylation is 2. The summed E-state index contributed by atoms with van der Waals surface area (Å²) in [4.78, 5) is 12.1. The van der Waals surface area contributed by atoms with E-state index < -0.39 is 10.0 Å². The standard InChI is InChI=1S/C17H19IN2O3S/c1-12-6-7-16(10-13(12)2)24(22,23)19-9-8-17(21)20-15-5-3-4-14(18)11-15/h3-7,10-11,19H,8-9H2,1-2H3,(H,20,21). The van der Waals surface area contributed by atoms with Crippen LogP contribution >= 0.6 is 22.6 Å². The van der Waals surface area contributed by atoms with E-state index >= 15 is 0 Å². The number of halogens is 1. The van der Waals surface area contributed by atoms with Crippen LogP contribution in [0.4, 0.5) is 5.69 Å². The smallest absolute Gasteiger partial charge is 0.240 e. The topological polar surface area (TPSA) is 75.3 Å². The second-order valence-corrected chi connectivity index (χ2v) is 8.46. The highest BCUT2D eigenvalue weighted by Crippen LogP contribution is 2.15. The molecule has 2 rings (SSSR count). The van der Waals surface area contributed by atoms with Gasteiger partial charge in [0.05, 0.1) is 4.90 Å². The van der Waals surface area contributed by atoms with Crippen molar-refractivity contribution in [2.75, 3.05) is 11.9 Å². The third-order valence-electron chi connectivity index (χ3n) is 3.54. The van der Waals surface area contributed by atoms with Crippen molar-refractivity contribution in [3.05, 3.63) is 57.2 Å². The Bertz CT molecular complexity index is 851. The summed E-state index contributed by atoms with van der Waals surface area (Å²) in [7, 11) is -3.61. The summed E-state index contributed by atoms with van der Waals surface area (Å²) in [6.07, 6.45) is 0.0650. The molecule has 0 aliphatic heterocycles. The molecule has 0 heterocycles. The van der Waals surface area contributed by atoms with Gasteiger partial charge >= 0.3 is 0 Å². The summed E-state index contributed by atoms with van der Waals surface area (Å²) >= 11 is 2.16. The minimum atomic E-state index is -3.61. The summed E-state index contributed by atoms with van der Waals surface area (Å²) in [5, 5.41) is 2.75. The van der Waals surface area contributed by atoms with E-state index in [4.69, 9.17) is 0 Å². The maximum atomic E-state index is 12.2. The first-order chi connectivity index (χ1) is 11.3. The Morgan fingerprint density at radius 2 is 1.83 bits per heavy atom. The van der Waals surface area contributed by atoms with Crippen molar-refractivity contribution in [2.45, 2.75) is 25.2 Å². The highest BCUT2D eigenvalue weighted by atomic mass is 127. The lowest BCUT2D eigenvalue weighted by atomic mass is 10.1. The number of hydrogen-bond donors (Lipinski definition) is 2. The molecule has 0 aliphatic carbocycles. The van der Waals surface area contributed by atoms with Crippen molar-refractivity contribution in [3.63, 3.8) is 0 Å². The summed E-state index contributed by atoms with van der Waals surface area (Å²) in [5.41, 5.74) is 2.64. The fraction of sp³-hybridized carbons (Fsp3) is 0.235. The maximum Gasteiger partial charge on any atom is 0.240 e. The van der Waals surface area contributed by atoms with Crippen LogP contribution in [0, 0.1) is 17.4 Å². The zero-order valence-corrected chi connectivity index (χ0v) is 16.4. The molecule has 0 saturated carbocycles. The Morgan fingerprint density at radius 1 is 1.08 bits per heavy atom. The lowest BCUT2D eigenvalue weighted by Crippen LogP contribution is -2.28. The Balaban J connectivity index is 1.90. The lowest BCUT2D eigenvalue weighted by molar-refractivity contribution is -0.116. The minimum absolute atomic E-state index is 0.0466. The van der Waals surface area contributed by atoms with Crippen molar-refractivity contribution >= 4 is 44.2 Å². The van der Waals surface area contributed by atoms with E-state index in [0.29, 0.717) is 5.69 Å². The molecule has 0 aromatic heterocycles. The van der Waals surface area contributed by atoms with Crippen LogP contribution in [0.25, 0.3) is 0 Å². The summed E-state index contributed by atoms with van der Waals surface area (Å²) < 4.78 is 27.9. The monoisotopic (exact) mass is 458 g/mol. The molecule has 1 amide bonds. The van der Waals surface area contributed by atoms with Crippen molar-refractivity contribution in [1.29, 1.82) is 0 Å². The molecule has 5 nitrogen and oxygen atoms in total. The molecule has 0 saturated heterocycles. The average Bonchev–Trinajstić information content (AvgIpc) is 2.49. The quantitative estimate of drug-likeness (QED) is 0.653. The Morgan fingerprint density at radius 3 is 2.50 bits per heavy atom. The molecule has 0 atom stereocenters. The molecule has 2 aromatic rings. The molecule has 24 heavy (non-hydrogen) atoms. The molecule has 2 N–H and O–H groups in total. The first kappa shape index (κ1) is 18.9. The van der Waals surface area contributed by atoms with Gasteiger partial charge in [0.1, 0.15) is 0 Å². The minimum Gasteiger partial charge on any atom is -0.326 e. The molecule has 0 unspecified atom stereocenters. The fourth-order valence-corrected chi connectivity index (χ4v) is 3.71. The number of benzene rings is 2.